The fraction of sp³-hybridized carbons (Fsp3) is 0.818. The summed E-state index contributed by atoms with van der Waals surface area (Å²) in [5, 5.41) is 0. The molecule has 0 N–H and O–H groups in total. The molecule has 2 saturated carbocycles. The molecule has 66 valence electrons. The first-order valence-electron chi connectivity index (χ1n) is 5.15. The van der Waals surface area contributed by atoms with Gasteiger partial charge in [0.15, 0.2) is 0 Å². The van der Waals surface area contributed by atoms with E-state index in [2.05, 4.69) is 22.0 Å². The van der Waals surface area contributed by atoms with E-state index in [1.165, 1.54) is 32.1 Å². The van der Waals surface area contributed by atoms with Crippen LogP contribution in [0.5, 0.6) is 0 Å². The van der Waals surface area contributed by atoms with Crippen molar-refractivity contribution >= 4 is 15.9 Å². The predicted octanol–water partition coefficient (Wildman–Crippen LogP) is 3.52. The van der Waals surface area contributed by atoms with Crippen LogP contribution in [0.1, 0.15) is 32.1 Å². The van der Waals surface area contributed by atoms with Crippen molar-refractivity contribution in [3.63, 3.8) is 0 Å². The van der Waals surface area contributed by atoms with Crippen molar-refractivity contribution in [2.45, 2.75) is 36.9 Å². The second-order valence-corrected chi connectivity index (χ2v) is 5.93. The summed E-state index contributed by atoms with van der Waals surface area (Å²) in [4.78, 5) is 0.711. The summed E-state index contributed by atoms with van der Waals surface area (Å²) in [7, 11) is 0. The Morgan fingerprint density at radius 2 is 1.75 bits per heavy atom. The number of rotatable bonds is 0. The summed E-state index contributed by atoms with van der Waals surface area (Å²) in [5.41, 5.74) is 1.76. The highest BCUT2D eigenvalue weighted by molar-refractivity contribution is 9.09. The fourth-order valence-electron chi connectivity index (χ4n) is 3.53. The van der Waals surface area contributed by atoms with Crippen molar-refractivity contribution in [1.29, 1.82) is 0 Å². The van der Waals surface area contributed by atoms with E-state index < -0.39 is 0 Å². The molecule has 0 radical (unpaired) electrons. The third kappa shape index (κ3) is 1.09. The smallest absolute Gasteiger partial charge is 0.0356 e. The Labute approximate surface area is 82.5 Å². The van der Waals surface area contributed by atoms with Gasteiger partial charge < -0.3 is 0 Å². The standard InChI is InChI=1S/C11H15Br/c12-11-6-9-2-7-1-8(3-9)5-10(11)4-7/h6-8,10-11H,1-5H2/t7-,8+,10?,11?. The lowest BCUT2D eigenvalue weighted by atomic mass is 9.68. The van der Waals surface area contributed by atoms with Crippen molar-refractivity contribution in [1.82, 2.24) is 0 Å². The van der Waals surface area contributed by atoms with E-state index in [1.807, 2.05) is 0 Å². The van der Waals surface area contributed by atoms with Gasteiger partial charge in [0.05, 0.1) is 0 Å². The minimum Gasteiger partial charge on any atom is -0.0842 e. The lowest BCUT2D eigenvalue weighted by Crippen LogP contribution is -2.27. The van der Waals surface area contributed by atoms with Crippen molar-refractivity contribution in [2.75, 3.05) is 0 Å². The van der Waals surface area contributed by atoms with Gasteiger partial charge in [0, 0.05) is 4.83 Å². The highest BCUT2D eigenvalue weighted by atomic mass is 79.9. The molecule has 0 saturated heterocycles. The van der Waals surface area contributed by atoms with Crippen molar-refractivity contribution < 1.29 is 0 Å². The molecule has 0 amide bonds. The first kappa shape index (κ1) is 7.61. The maximum atomic E-state index is 3.82. The summed E-state index contributed by atoms with van der Waals surface area (Å²) in [5.74, 6) is 3.07. The molecule has 0 heterocycles. The second kappa shape index (κ2) is 2.60. The lowest BCUT2D eigenvalue weighted by molar-refractivity contribution is 0.182. The van der Waals surface area contributed by atoms with Gasteiger partial charge in [-0.15, -0.1) is 0 Å². The van der Waals surface area contributed by atoms with Crippen LogP contribution in [0.4, 0.5) is 0 Å². The molecule has 4 aliphatic rings. The van der Waals surface area contributed by atoms with Gasteiger partial charge in [-0.2, -0.15) is 0 Å². The minimum atomic E-state index is 0.711. The average molecular weight is 227 g/mol. The molecule has 0 nitrogen and oxygen atoms in total. The third-order valence-electron chi connectivity index (χ3n) is 3.89. The highest BCUT2D eigenvalue weighted by Gasteiger charge is 2.38. The van der Waals surface area contributed by atoms with Gasteiger partial charge in [-0.3, -0.25) is 0 Å². The van der Waals surface area contributed by atoms with Gasteiger partial charge in [0.25, 0.3) is 0 Å². The Hall–Kier alpha value is 0.220. The van der Waals surface area contributed by atoms with Gasteiger partial charge in [-0.05, 0) is 49.9 Å². The Bertz CT molecular complexity index is 215. The van der Waals surface area contributed by atoms with E-state index in [4.69, 9.17) is 0 Å². The molecule has 0 aromatic carbocycles. The Morgan fingerprint density at radius 1 is 1.08 bits per heavy atom. The van der Waals surface area contributed by atoms with Gasteiger partial charge in [-0.1, -0.05) is 27.6 Å². The summed E-state index contributed by atoms with van der Waals surface area (Å²) in [6.45, 7) is 0. The van der Waals surface area contributed by atoms with E-state index >= 15 is 0 Å². The van der Waals surface area contributed by atoms with Crippen LogP contribution in [0, 0.1) is 17.8 Å². The van der Waals surface area contributed by atoms with Crippen LogP contribution in [-0.2, 0) is 0 Å². The van der Waals surface area contributed by atoms with Gasteiger partial charge in [0.1, 0.15) is 0 Å². The molecular weight excluding hydrogens is 212 g/mol. The first-order valence-corrected chi connectivity index (χ1v) is 6.06. The largest absolute Gasteiger partial charge is 0.0842 e. The lowest BCUT2D eigenvalue weighted by Gasteiger charge is -2.37. The molecule has 0 aromatic rings. The monoisotopic (exact) mass is 226 g/mol. The Kier molecular flexibility index (Phi) is 1.65. The molecule has 1 heteroatoms. The Morgan fingerprint density at radius 3 is 2.42 bits per heavy atom. The summed E-state index contributed by atoms with van der Waals surface area (Å²) < 4.78 is 0. The van der Waals surface area contributed by atoms with E-state index in [0.29, 0.717) is 4.83 Å². The van der Waals surface area contributed by atoms with Gasteiger partial charge in [0.2, 0.25) is 0 Å². The van der Waals surface area contributed by atoms with Crippen LogP contribution < -0.4 is 0 Å². The molecule has 0 aliphatic heterocycles. The fourth-order valence-corrected chi connectivity index (χ4v) is 4.34. The molecule has 2 fully saturated rings. The van der Waals surface area contributed by atoms with Crippen molar-refractivity contribution in [2.24, 2.45) is 17.8 Å². The van der Waals surface area contributed by atoms with Crippen LogP contribution >= 0.6 is 15.9 Å². The van der Waals surface area contributed by atoms with Crippen molar-refractivity contribution in [3.05, 3.63) is 11.6 Å². The molecule has 0 spiro atoms. The highest BCUT2D eigenvalue weighted by Crippen LogP contribution is 2.50. The number of halogens is 1. The summed E-state index contributed by atoms with van der Waals surface area (Å²) in [6, 6.07) is 0. The predicted molar refractivity (Wildman–Crippen MR) is 54.4 cm³/mol. The minimum absolute atomic E-state index is 0.711. The number of hydrogen-bond donors (Lipinski definition) is 0. The SMILES string of the molecule is BrC1C=C2C[C@@H]3CC1C[C@H](C2)C3. The van der Waals surface area contributed by atoms with Crippen molar-refractivity contribution in [3.8, 4) is 0 Å². The Balaban J connectivity index is 1.99. The number of alkyl halides is 1. The van der Waals surface area contributed by atoms with Gasteiger partial charge in [-0.25, -0.2) is 0 Å². The summed E-state index contributed by atoms with van der Waals surface area (Å²) in [6.07, 6.45) is 9.89. The average Bonchev–Trinajstić information content (AvgIpc) is 2.16. The zero-order chi connectivity index (χ0) is 8.13. The molecule has 4 rings (SSSR count). The molecule has 2 unspecified atom stereocenters. The topological polar surface area (TPSA) is 0 Å². The normalized spacial score (nSPS) is 50.6. The van der Waals surface area contributed by atoms with E-state index in [0.717, 1.165) is 17.8 Å². The molecule has 4 atom stereocenters. The molecule has 0 aromatic heterocycles. The second-order valence-electron chi connectivity index (χ2n) is 4.88. The van der Waals surface area contributed by atoms with Crippen LogP contribution in [0.3, 0.4) is 0 Å². The maximum absolute atomic E-state index is 3.82. The first-order chi connectivity index (χ1) is 5.81. The zero-order valence-electron chi connectivity index (χ0n) is 7.30. The van der Waals surface area contributed by atoms with E-state index in [1.54, 1.807) is 5.57 Å². The molecule has 4 bridgehead atoms. The van der Waals surface area contributed by atoms with Gasteiger partial charge >= 0.3 is 0 Å². The van der Waals surface area contributed by atoms with E-state index in [-0.39, 0.29) is 0 Å². The van der Waals surface area contributed by atoms with Crippen LogP contribution in [-0.4, -0.2) is 4.83 Å². The van der Waals surface area contributed by atoms with Crippen LogP contribution in [0.15, 0.2) is 11.6 Å². The zero-order valence-corrected chi connectivity index (χ0v) is 8.89. The number of fused-ring (bicyclic) bond motifs is 1. The van der Waals surface area contributed by atoms with E-state index in [9.17, 15) is 0 Å². The number of allylic oxidation sites excluding steroid dienone is 2. The molecule has 12 heavy (non-hydrogen) atoms. The third-order valence-corrected chi connectivity index (χ3v) is 4.90. The summed E-state index contributed by atoms with van der Waals surface area (Å²) >= 11 is 3.82. The van der Waals surface area contributed by atoms with Crippen LogP contribution in [0.2, 0.25) is 0 Å². The molecule has 4 aliphatic carbocycles. The quantitative estimate of drug-likeness (QED) is 0.438. The molecular formula is C11H15Br. The maximum Gasteiger partial charge on any atom is 0.0356 e. The van der Waals surface area contributed by atoms with Crippen LogP contribution in [0.25, 0.3) is 0 Å². The number of hydrogen-bond acceptors (Lipinski definition) is 0.